The van der Waals surface area contributed by atoms with Crippen LogP contribution in [-0.4, -0.2) is 11.9 Å². The van der Waals surface area contributed by atoms with Crippen LogP contribution in [0.1, 0.15) is 34.1 Å². The Labute approximate surface area is 74.5 Å². The van der Waals surface area contributed by atoms with Crippen molar-refractivity contribution in [3.63, 3.8) is 0 Å². The van der Waals surface area contributed by atoms with E-state index in [0.29, 0.717) is 12.3 Å². The third kappa shape index (κ3) is 3.22. The van der Waals surface area contributed by atoms with E-state index in [4.69, 9.17) is 11.5 Å². The second-order valence-corrected chi connectivity index (χ2v) is 4.40. The van der Waals surface area contributed by atoms with E-state index in [1.807, 2.05) is 27.7 Å². The van der Waals surface area contributed by atoms with Crippen molar-refractivity contribution in [3.05, 3.63) is 0 Å². The number of amides is 1. The van der Waals surface area contributed by atoms with E-state index < -0.39 is 0 Å². The van der Waals surface area contributed by atoms with Crippen LogP contribution in [0.3, 0.4) is 0 Å². The van der Waals surface area contributed by atoms with Crippen LogP contribution >= 0.6 is 0 Å². The number of hydrogen-bond donors (Lipinski definition) is 2. The number of primary amides is 1. The Bertz CT molecular complexity index is 164. The first-order valence-corrected chi connectivity index (χ1v) is 4.31. The normalized spacial score (nSPS) is 14.8. The Morgan fingerprint density at radius 1 is 1.42 bits per heavy atom. The van der Waals surface area contributed by atoms with Crippen molar-refractivity contribution >= 4 is 5.91 Å². The molecule has 0 radical (unpaired) electrons. The molecule has 3 nitrogen and oxygen atoms in total. The minimum atomic E-state index is -0.281. The number of carbonyl (C=O) groups excluding carboxylic acids is 1. The Morgan fingerprint density at radius 2 is 1.83 bits per heavy atom. The van der Waals surface area contributed by atoms with E-state index in [9.17, 15) is 4.79 Å². The van der Waals surface area contributed by atoms with Gasteiger partial charge in [-0.15, -0.1) is 0 Å². The molecule has 0 aliphatic rings. The van der Waals surface area contributed by atoms with Crippen molar-refractivity contribution in [2.24, 2.45) is 22.8 Å². The standard InChI is InChI=1S/C9H20N2O/c1-6(2)8(11)9(3,4)5-7(10)12/h6,8H,5,11H2,1-4H3,(H2,10,12). The second-order valence-electron chi connectivity index (χ2n) is 4.40. The first kappa shape index (κ1) is 11.4. The largest absolute Gasteiger partial charge is 0.370 e. The fourth-order valence-electron chi connectivity index (χ4n) is 1.47. The van der Waals surface area contributed by atoms with Crippen molar-refractivity contribution in [1.82, 2.24) is 0 Å². The molecule has 0 aliphatic carbocycles. The monoisotopic (exact) mass is 172 g/mol. The summed E-state index contributed by atoms with van der Waals surface area (Å²) in [5, 5.41) is 0. The maximum atomic E-state index is 10.7. The predicted molar refractivity (Wildman–Crippen MR) is 50.4 cm³/mol. The van der Waals surface area contributed by atoms with Crippen molar-refractivity contribution in [2.45, 2.75) is 40.2 Å². The molecule has 1 atom stereocenters. The van der Waals surface area contributed by atoms with Gasteiger partial charge in [0.1, 0.15) is 0 Å². The summed E-state index contributed by atoms with van der Waals surface area (Å²) in [6.07, 6.45) is 0.354. The Morgan fingerprint density at radius 3 is 2.08 bits per heavy atom. The lowest BCUT2D eigenvalue weighted by Crippen LogP contribution is -2.43. The summed E-state index contributed by atoms with van der Waals surface area (Å²) in [6.45, 7) is 8.05. The van der Waals surface area contributed by atoms with E-state index in [0.717, 1.165) is 0 Å². The van der Waals surface area contributed by atoms with E-state index in [1.54, 1.807) is 0 Å². The van der Waals surface area contributed by atoms with Gasteiger partial charge in [0.05, 0.1) is 0 Å². The molecular weight excluding hydrogens is 152 g/mol. The minimum absolute atomic E-state index is 0.0185. The molecule has 3 heteroatoms. The molecular formula is C9H20N2O. The molecule has 0 spiro atoms. The molecule has 1 unspecified atom stereocenters. The summed E-state index contributed by atoms with van der Waals surface area (Å²) in [5.74, 6) is 0.0930. The van der Waals surface area contributed by atoms with Gasteiger partial charge in [-0.05, 0) is 11.3 Å². The van der Waals surface area contributed by atoms with Gasteiger partial charge in [0.25, 0.3) is 0 Å². The molecule has 0 saturated heterocycles. The van der Waals surface area contributed by atoms with Crippen molar-refractivity contribution < 1.29 is 4.79 Å². The maximum Gasteiger partial charge on any atom is 0.218 e. The highest BCUT2D eigenvalue weighted by atomic mass is 16.1. The van der Waals surface area contributed by atoms with Gasteiger partial charge in [-0.25, -0.2) is 0 Å². The summed E-state index contributed by atoms with van der Waals surface area (Å²) < 4.78 is 0. The molecule has 12 heavy (non-hydrogen) atoms. The van der Waals surface area contributed by atoms with Gasteiger partial charge in [-0.2, -0.15) is 0 Å². The fraction of sp³-hybridized carbons (Fsp3) is 0.889. The SMILES string of the molecule is CC(C)C(N)C(C)(C)CC(N)=O. The van der Waals surface area contributed by atoms with Crippen LogP contribution in [0.25, 0.3) is 0 Å². The number of nitrogens with two attached hydrogens (primary N) is 2. The highest BCUT2D eigenvalue weighted by Gasteiger charge is 2.30. The van der Waals surface area contributed by atoms with Gasteiger partial charge in [0.2, 0.25) is 5.91 Å². The van der Waals surface area contributed by atoms with E-state index in [2.05, 4.69) is 0 Å². The molecule has 0 bridgehead atoms. The molecule has 0 aliphatic heterocycles. The predicted octanol–water partition coefficient (Wildman–Crippen LogP) is 0.871. The van der Waals surface area contributed by atoms with Gasteiger partial charge >= 0.3 is 0 Å². The van der Waals surface area contributed by atoms with Gasteiger partial charge in [-0.3, -0.25) is 4.79 Å². The molecule has 0 saturated carbocycles. The Kier molecular flexibility index (Phi) is 3.71. The Balaban J connectivity index is 4.28. The summed E-state index contributed by atoms with van der Waals surface area (Å²) in [4.78, 5) is 10.7. The van der Waals surface area contributed by atoms with Crippen LogP contribution in [0.2, 0.25) is 0 Å². The number of carbonyl (C=O) groups is 1. The summed E-state index contributed by atoms with van der Waals surface area (Å²) in [5.41, 5.74) is 10.9. The maximum absolute atomic E-state index is 10.7. The van der Waals surface area contributed by atoms with Crippen LogP contribution in [-0.2, 0) is 4.79 Å². The van der Waals surface area contributed by atoms with Crippen molar-refractivity contribution in [2.75, 3.05) is 0 Å². The van der Waals surface area contributed by atoms with Crippen LogP contribution in [0.15, 0.2) is 0 Å². The second kappa shape index (κ2) is 3.90. The van der Waals surface area contributed by atoms with E-state index in [1.165, 1.54) is 0 Å². The molecule has 0 aromatic carbocycles. The summed E-state index contributed by atoms with van der Waals surface area (Å²) in [7, 11) is 0. The molecule has 0 heterocycles. The average Bonchev–Trinajstić information content (AvgIpc) is 1.82. The third-order valence-electron chi connectivity index (χ3n) is 2.25. The van der Waals surface area contributed by atoms with Gasteiger partial charge in [0, 0.05) is 12.5 Å². The van der Waals surface area contributed by atoms with E-state index in [-0.39, 0.29) is 17.4 Å². The summed E-state index contributed by atoms with van der Waals surface area (Å²) >= 11 is 0. The minimum Gasteiger partial charge on any atom is -0.370 e. The summed E-state index contributed by atoms with van der Waals surface area (Å²) in [6, 6.07) is 0.0185. The lowest BCUT2D eigenvalue weighted by Gasteiger charge is -2.33. The first-order valence-electron chi connectivity index (χ1n) is 4.31. The zero-order valence-corrected chi connectivity index (χ0v) is 8.42. The molecule has 4 N–H and O–H groups in total. The number of rotatable bonds is 4. The van der Waals surface area contributed by atoms with Crippen LogP contribution in [0.4, 0.5) is 0 Å². The molecule has 0 fully saturated rings. The van der Waals surface area contributed by atoms with Gasteiger partial charge in [-0.1, -0.05) is 27.7 Å². The van der Waals surface area contributed by atoms with Crippen molar-refractivity contribution in [3.8, 4) is 0 Å². The molecule has 0 aromatic rings. The molecule has 0 rings (SSSR count). The van der Waals surface area contributed by atoms with E-state index >= 15 is 0 Å². The lowest BCUT2D eigenvalue weighted by atomic mass is 9.76. The van der Waals surface area contributed by atoms with Crippen LogP contribution < -0.4 is 11.5 Å². The van der Waals surface area contributed by atoms with Gasteiger partial charge < -0.3 is 11.5 Å². The highest BCUT2D eigenvalue weighted by Crippen LogP contribution is 2.27. The first-order chi connectivity index (χ1) is 5.27. The average molecular weight is 172 g/mol. The van der Waals surface area contributed by atoms with Gasteiger partial charge in [0.15, 0.2) is 0 Å². The zero-order chi connectivity index (χ0) is 9.94. The molecule has 72 valence electrons. The zero-order valence-electron chi connectivity index (χ0n) is 8.42. The molecule has 1 amide bonds. The Hall–Kier alpha value is -0.570. The smallest absolute Gasteiger partial charge is 0.218 e. The highest BCUT2D eigenvalue weighted by molar-refractivity contribution is 5.74. The quantitative estimate of drug-likeness (QED) is 0.660. The van der Waals surface area contributed by atoms with Crippen LogP contribution in [0.5, 0.6) is 0 Å². The lowest BCUT2D eigenvalue weighted by molar-refractivity contribution is -0.120. The topological polar surface area (TPSA) is 69.1 Å². The fourth-order valence-corrected chi connectivity index (χ4v) is 1.47. The third-order valence-corrected chi connectivity index (χ3v) is 2.25. The van der Waals surface area contributed by atoms with Crippen LogP contribution in [0, 0.1) is 11.3 Å². The number of hydrogen-bond acceptors (Lipinski definition) is 2. The van der Waals surface area contributed by atoms with Crippen molar-refractivity contribution in [1.29, 1.82) is 0 Å². The molecule has 0 aromatic heterocycles.